The molecule has 21 heavy (non-hydrogen) atoms. The maximum Gasteiger partial charge on any atom is 0.276 e. The molecule has 0 atom stereocenters. The monoisotopic (exact) mass is 345 g/mol. The number of nitrogens with zero attached hydrogens (tertiary/aromatic N) is 1. The van der Waals surface area contributed by atoms with Crippen LogP contribution in [0.1, 0.15) is 11.1 Å². The highest BCUT2D eigenvalue weighted by Crippen LogP contribution is 2.32. The maximum absolute atomic E-state index is 11.0. The van der Waals surface area contributed by atoms with Crippen LogP contribution >= 0.6 is 34.8 Å². The summed E-state index contributed by atoms with van der Waals surface area (Å²) in [5, 5.41) is 11.8. The fourth-order valence-electron chi connectivity index (χ4n) is 1.82. The van der Waals surface area contributed by atoms with E-state index < -0.39 is 4.92 Å². The van der Waals surface area contributed by atoms with Gasteiger partial charge in [0.2, 0.25) is 0 Å². The van der Waals surface area contributed by atoms with Crippen molar-refractivity contribution in [3.8, 4) is 5.75 Å². The summed E-state index contributed by atoms with van der Waals surface area (Å²) in [4.78, 5) is 10.5. The molecule has 0 aliphatic rings. The van der Waals surface area contributed by atoms with Gasteiger partial charge in [-0.05, 0) is 18.2 Å². The topological polar surface area (TPSA) is 52.4 Å². The van der Waals surface area contributed by atoms with E-state index in [0.29, 0.717) is 26.9 Å². The third-order valence-electron chi connectivity index (χ3n) is 2.80. The van der Waals surface area contributed by atoms with Gasteiger partial charge in [0.15, 0.2) is 0 Å². The molecule has 2 aromatic carbocycles. The van der Waals surface area contributed by atoms with E-state index in [4.69, 9.17) is 39.5 Å². The van der Waals surface area contributed by atoms with E-state index in [1.54, 1.807) is 18.2 Å². The van der Waals surface area contributed by atoms with Crippen LogP contribution in [-0.2, 0) is 12.5 Å². The second-order valence-electron chi connectivity index (χ2n) is 4.18. The number of ether oxygens (including phenoxy) is 1. The lowest BCUT2D eigenvalue weighted by Gasteiger charge is -2.12. The number of benzene rings is 2. The van der Waals surface area contributed by atoms with Crippen LogP contribution in [0.15, 0.2) is 36.4 Å². The predicted octanol–water partition coefficient (Wildman–Crippen LogP) is 5.22. The van der Waals surface area contributed by atoms with Crippen molar-refractivity contribution in [3.05, 3.63) is 67.7 Å². The fourth-order valence-corrected chi connectivity index (χ4v) is 2.47. The normalized spacial score (nSPS) is 10.4. The minimum absolute atomic E-state index is 0.0233. The van der Waals surface area contributed by atoms with Gasteiger partial charge in [0, 0.05) is 16.7 Å². The number of para-hydroxylation sites is 1. The highest BCUT2D eigenvalue weighted by molar-refractivity contribution is 6.32. The summed E-state index contributed by atoms with van der Waals surface area (Å²) in [5.74, 6) is 0.650. The summed E-state index contributed by atoms with van der Waals surface area (Å²) < 4.78 is 5.61. The SMILES string of the molecule is O=[N+]([O-])c1ccc(Cl)cc1COc1c(Cl)cccc1CCl. The number of hydrogen-bond donors (Lipinski definition) is 0. The van der Waals surface area contributed by atoms with Crippen molar-refractivity contribution < 1.29 is 9.66 Å². The molecule has 7 heteroatoms. The van der Waals surface area contributed by atoms with Crippen LogP contribution < -0.4 is 4.74 Å². The van der Waals surface area contributed by atoms with Crippen LogP contribution in [0.3, 0.4) is 0 Å². The fraction of sp³-hybridized carbons (Fsp3) is 0.143. The second-order valence-corrected chi connectivity index (χ2v) is 5.29. The molecule has 0 saturated carbocycles. The van der Waals surface area contributed by atoms with Gasteiger partial charge in [-0.3, -0.25) is 10.1 Å². The van der Waals surface area contributed by atoms with Crippen LogP contribution in [0.5, 0.6) is 5.75 Å². The lowest BCUT2D eigenvalue weighted by Crippen LogP contribution is -2.02. The molecule has 0 aromatic heterocycles. The maximum atomic E-state index is 11.0. The van der Waals surface area contributed by atoms with Gasteiger partial charge in [-0.1, -0.05) is 35.3 Å². The minimum atomic E-state index is -0.482. The van der Waals surface area contributed by atoms with E-state index >= 15 is 0 Å². The lowest BCUT2D eigenvalue weighted by molar-refractivity contribution is -0.385. The minimum Gasteiger partial charge on any atom is -0.487 e. The summed E-state index contributed by atoms with van der Waals surface area (Å²) >= 11 is 17.8. The van der Waals surface area contributed by atoms with E-state index in [2.05, 4.69) is 0 Å². The molecule has 0 spiro atoms. The Hall–Kier alpha value is -1.49. The molecule has 0 heterocycles. The molecule has 0 amide bonds. The Balaban J connectivity index is 2.28. The summed E-state index contributed by atoms with van der Waals surface area (Å²) in [6.45, 7) is -0.0233. The zero-order valence-electron chi connectivity index (χ0n) is 10.7. The van der Waals surface area contributed by atoms with Crippen molar-refractivity contribution in [1.29, 1.82) is 0 Å². The Bertz CT molecular complexity index is 677. The number of nitro groups is 1. The molecule has 0 aliphatic heterocycles. The van der Waals surface area contributed by atoms with Crippen molar-refractivity contribution in [3.63, 3.8) is 0 Å². The van der Waals surface area contributed by atoms with Crippen LogP contribution in [-0.4, -0.2) is 4.92 Å². The molecule has 0 aliphatic carbocycles. The van der Waals surface area contributed by atoms with E-state index in [9.17, 15) is 10.1 Å². The number of nitro benzene ring substituents is 1. The average molecular weight is 347 g/mol. The second kappa shape index (κ2) is 6.98. The Morgan fingerprint density at radius 3 is 2.57 bits per heavy atom. The van der Waals surface area contributed by atoms with E-state index in [0.717, 1.165) is 0 Å². The van der Waals surface area contributed by atoms with Crippen LogP contribution in [0.2, 0.25) is 10.0 Å². The van der Waals surface area contributed by atoms with Gasteiger partial charge >= 0.3 is 0 Å². The molecule has 110 valence electrons. The zero-order valence-corrected chi connectivity index (χ0v) is 13.0. The molecule has 0 unspecified atom stereocenters. The van der Waals surface area contributed by atoms with Crippen LogP contribution in [0, 0.1) is 10.1 Å². The van der Waals surface area contributed by atoms with Crippen LogP contribution in [0.25, 0.3) is 0 Å². The van der Waals surface area contributed by atoms with Gasteiger partial charge in [-0.25, -0.2) is 0 Å². The Kier molecular flexibility index (Phi) is 5.28. The number of rotatable bonds is 5. The highest BCUT2D eigenvalue weighted by Gasteiger charge is 2.16. The van der Waals surface area contributed by atoms with E-state index in [1.807, 2.05) is 0 Å². The van der Waals surface area contributed by atoms with Gasteiger partial charge < -0.3 is 4.74 Å². The molecule has 0 N–H and O–H groups in total. The van der Waals surface area contributed by atoms with Gasteiger partial charge in [-0.15, -0.1) is 11.6 Å². The lowest BCUT2D eigenvalue weighted by atomic mass is 10.2. The average Bonchev–Trinajstić information content (AvgIpc) is 2.45. The molecule has 0 radical (unpaired) electrons. The van der Waals surface area contributed by atoms with Crippen molar-refractivity contribution >= 4 is 40.5 Å². The smallest absolute Gasteiger partial charge is 0.276 e. The van der Waals surface area contributed by atoms with Crippen molar-refractivity contribution in [1.82, 2.24) is 0 Å². The summed E-state index contributed by atoms with van der Waals surface area (Å²) in [5.41, 5.74) is 1.03. The first-order valence-electron chi connectivity index (χ1n) is 5.92. The third kappa shape index (κ3) is 3.79. The molecule has 2 rings (SSSR count). The first-order chi connectivity index (χ1) is 10.0. The Morgan fingerprint density at radius 1 is 1.14 bits per heavy atom. The highest BCUT2D eigenvalue weighted by atomic mass is 35.5. The summed E-state index contributed by atoms with van der Waals surface area (Å²) in [7, 11) is 0. The predicted molar refractivity (Wildman–Crippen MR) is 83.4 cm³/mol. The van der Waals surface area contributed by atoms with Gasteiger partial charge in [-0.2, -0.15) is 0 Å². The van der Waals surface area contributed by atoms with Crippen LogP contribution in [0.4, 0.5) is 5.69 Å². The first kappa shape index (κ1) is 15.9. The molecule has 0 bridgehead atoms. The van der Waals surface area contributed by atoms with Crippen molar-refractivity contribution in [2.24, 2.45) is 0 Å². The molecule has 0 saturated heterocycles. The molecular formula is C14H10Cl3NO3. The number of alkyl halides is 1. The largest absolute Gasteiger partial charge is 0.487 e. The number of halogens is 3. The standard InChI is InChI=1S/C14H10Cl3NO3/c15-7-9-2-1-3-12(17)14(9)21-8-10-6-11(16)4-5-13(10)18(19)20/h1-6H,7-8H2. The molecule has 0 fully saturated rings. The summed E-state index contributed by atoms with van der Waals surface area (Å²) in [6, 6.07) is 9.50. The third-order valence-corrected chi connectivity index (χ3v) is 3.62. The Morgan fingerprint density at radius 2 is 1.90 bits per heavy atom. The van der Waals surface area contributed by atoms with Gasteiger partial charge in [0.1, 0.15) is 12.4 Å². The summed E-state index contributed by atoms with van der Waals surface area (Å²) in [6.07, 6.45) is 0. The van der Waals surface area contributed by atoms with Gasteiger partial charge in [0.25, 0.3) is 5.69 Å². The molecular weight excluding hydrogens is 337 g/mol. The molecule has 4 nitrogen and oxygen atoms in total. The zero-order chi connectivity index (χ0) is 15.4. The van der Waals surface area contributed by atoms with Crippen molar-refractivity contribution in [2.45, 2.75) is 12.5 Å². The van der Waals surface area contributed by atoms with Gasteiger partial charge in [0.05, 0.1) is 21.4 Å². The van der Waals surface area contributed by atoms with E-state index in [1.165, 1.54) is 18.2 Å². The molecule has 2 aromatic rings. The Labute approximate surface area is 136 Å². The first-order valence-corrected chi connectivity index (χ1v) is 7.21. The van der Waals surface area contributed by atoms with Crippen molar-refractivity contribution in [2.75, 3.05) is 0 Å². The quantitative estimate of drug-likeness (QED) is 0.424. The number of hydrogen-bond acceptors (Lipinski definition) is 3. The van der Waals surface area contributed by atoms with E-state index in [-0.39, 0.29) is 18.2 Å².